The molecule has 1 aromatic carbocycles. The highest BCUT2D eigenvalue weighted by Crippen LogP contribution is 2.20. The van der Waals surface area contributed by atoms with E-state index in [1.54, 1.807) is 58.0 Å². The second-order valence-electron chi connectivity index (χ2n) is 21.3. The molecule has 0 unspecified atom stereocenters. The molecule has 0 aliphatic carbocycles. The Kier molecular flexibility index (Phi) is 26.9. The standard InChI is InChI=1S/C53H88N10O12/c1-15-32(9)43-49(71)58-38(28-64)46(68)57-36(22-29(3)4)51(73)61(12)39(23-30(5)6)47(69)54-26-41(66)56-37(25-35-20-18-17-19-21-35)52(74)63(14)45(34(11)65)50(72)60-44(33(10)16-2)53(75)62(13)40(24-31(7)8)48(70)55-27-42(67)59-43/h17-21,29-34,36-40,43-45,64-65H,15-16,22-28H2,1-14H3,(H,54,69)(H,55,70)(H,56,66)(H,57,68)(H,58,71)(H,59,67)(H,60,72)/t32-,33-,34+,36-,37-,38-,39+,40-,43-,44-,45-/m0/s1. The second kappa shape index (κ2) is 31.0. The Bertz CT molecular complexity index is 2110. The summed E-state index contributed by atoms with van der Waals surface area (Å²) in [5, 5.41) is 39.9. The summed E-state index contributed by atoms with van der Waals surface area (Å²) in [5.74, 6) is -9.35. The number of rotatable bonds is 14. The third-order valence-corrected chi connectivity index (χ3v) is 13.6. The van der Waals surface area contributed by atoms with E-state index in [1.807, 2.05) is 41.5 Å². The van der Waals surface area contributed by atoms with Crippen molar-refractivity contribution >= 4 is 59.1 Å². The first-order chi connectivity index (χ1) is 35.1. The molecule has 0 saturated carbocycles. The molecule has 1 aromatic rings. The molecule has 22 nitrogen and oxygen atoms in total. The average molecular weight is 1060 g/mol. The quantitative estimate of drug-likeness (QED) is 0.119. The number of aliphatic hydroxyl groups is 2. The number of nitrogens with one attached hydrogen (secondary N) is 7. The fourth-order valence-corrected chi connectivity index (χ4v) is 8.78. The van der Waals surface area contributed by atoms with Crippen molar-refractivity contribution in [1.82, 2.24) is 51.9 Å². The van der Waals surface area contributed by atoms with Crippen molar-refractivity contribution in [2.24, 2.45) is 29.6 Å². The van der Waals surface area contributed by atoms with Gasteiger partial charge in [-0.25, -0.2) is 0 Å². The highest BCUT2D eigenvalue weighted by Gasteiger charge is 2.41. The molecule has 0 radical (unpaired) electrons. The lowest BCUT2D eigenvalue weighted by molar-refractivity contribution is -0.148. The van der Waals surface area contributed by atoms with Gasteiger partial charge in [-0.1, -0.05) is 112 Å². The van der Waals surface area contributed by atoms with Crippen molar-refractivity contribution in [3.63, 3.8) is 0 Å². The van der Waals surface area contributed by atoms with Gasteiger partial charge < -0.3 is 62.1 Å². The van der Waals surface area contributed by atoms with Crippen LogP contribution in [0.2, 0.25) is 0 Å². The molecule has 10 amide bonds. The van der Waals surface area contributed by atoms with Gasteiger partial charge in [0.25, 0.3) is 0 Å². The lowest BCUT2D eigenvalue weighted by Crippen LogP contribution is -2.62. The van der Waals surface area contributed by atoms with Gasteiger partial charge in [0.05, 0.1) is 25.8 Å². The fourth-order valence-electron chi connectivity index (χ4n) is 8.78. The van der Waals surface area contributed by atoms with E-state index in [-0.39, 0.29) is 43.4 Å². The van der Waals surface area contributed by atoms with E-state index in [4.69, 9.17) is 0 Å². The summed E-state index contributed by atoms with van der Waals surface area (Å²) in [6, 6.07) is -1.98. The zero-order chi connectivity index (χ0) is 57.0. The number of likely N-dealkylation sites (N-methyl/N-ethyl adjacent to an activating group) is 3. The van der Waals surface area contributed by atoms with Crippen LogP contribution in [-0.4, -0.2) is 179 Å². The molecule has 22 heteroatoms. The third kappa shape index (κ3) is 19.8. The van der Waals surface area contributed by atoms with Gasteiger partial charge in [0.2, 0.25) is 59.1 Å². The molecule has 1 fully saturated rings. The molecule has 1 aliphatic heterocycles. The summed E-state index contributed by atoms with van der Waals surface area (Å²) in [4.78, 5) is 144. The van der Waals surface area contributed by atoms with E-state index >= 15 is 0 Å². The maximum Gasteiger partial charge on any atom is 0.246 e. The molecule has 2 rings (SSSR count). The van der Waals surface area contributed by atoms with Gasteiger partial charge in [-0.2, -0.15) is 0 Å². The Labute approximate surface area is 443 Å². The number of carbonyl (C=O) groups is 10. The van der Waals surface area contributed by atoms with Crippen LogP contribution in [0, 0.1) is 29.6 Å². The van der Waals surface area contributed by atoms with Gasteiger partial charge >= 0.3 is 0 Å². The molecular formula is C53H88N10O12. The van der Waals surface area contributed by atoms with Crippen molar-refractivity contribution in [3.05, 3.63) is 35.9 Å². The first-order valence-corrected chi connectivity index (χ1v) is 26.3. The largest absolute Gasteiger partial charge is 0.394 e. The Hall–Kier alpha value is -6.16. The van der Waals surface area contributed by atoms with Gasteiger partial charge in [-0.3, -0.25) is 47.9 Å². The van der Waals surface area contributed by atoms with Crippen LogP contribution in [0.1, 0.15) is 114 Å². The van der Waals surface area contributed by atoms with Crippen LogP contribution in [0.4, 0.5) is 0 Å². The van der Waals surface area contributed by atoms with Gasteiger partial charge in [-0.15, -0.1) is 0 Å². The predicted molar refractivity (Wildman–Crippen MR) is 282 cm³/mol. The van der Waals surface area contributed by atoms with Crippen LogP contribution in [0.5, 0.6) is 0 Å². The zero-order valence-corrected chi connectivity index (χ0v) is 46.7. The number of nitrogens with zero attached hydrogens (tertiary/aromatic N) is 3. The van der Waals surface area contributed by atoms with E-state index in [1.165, 1.54) is 37.9 Å². The number of hydrogen-bond acceptors (Lipinski definition) is 12. The molecule has 1 saturated heterocycles. The lowest BCUT2D eigenvalue weighted by Gasteiger charge is -2.36. The van der Waals surface area contributed by atoms with Crippen LogP contribution in [0.3, 0.4) is 0 Å². The van der Waals surface area contributed by atoms with Crippen molar-refractivity contribution in [2.45, 2.75) is 169 Å². The molecule has 75 heavy (non-hydrogen) atoms. The summed E-state index contributed by atoms with van der Waals surface area (Å²) < 4.78 is 0. The van der Waals surface area contributed by atoms with Crippen molar-refractivity contribution in [2.75, 3.05) is 40.8 Å². The van der Waals surface area contributed by atoms with Crippen LogP contribution >= 0.6 is 0 Å². The molecular weight excluding hydrogens is 969 g/mol. The number of hydrogen-bond donors (Lipinski definition) is 9. The fraction of sp³-hybridized carbons (Fsp3) is 0.698. The van der Waals surface area contributed by atoms with E-state index in [9.17, 15) is 58.2 Å². The number of aliphatic hydroxyl groups excluding tert-OH is 2. The SMILES string of the molecule is CC[C@H](C)[C@@H]1NC(=O)CNC(=O)[C@H](CC(C)C)N(C)C(=O)[C@H]([C@@H](C)CC)NC(=O)[C@H]([C@@H](C)O)N(C)C(=O)[C@H](Cc2ccccc2)NC(=O)CNC(=O)[C@@H](CC(C)C)N(C)C(=O)[C@H](CC(C)C)NC(=O)[C@H](CO)NC1=O. The average Bonchev–Trinajstić information content (AvgIpc) is 3.35. The molecule has 0 bridgehead atoms. The van der Waals surface area contributed by atoms with E-state index < -0.39 is 145 Å². The number of carbonyl (C=O) groups excluding carboxylic acids is 10. The second-order valence-corrected chi connectivity index (χ2v) is 21.3. The molecule has 11 atom stereocenters. The first kappa shape index (κ1) is 65.0. The van der Waals surface area contributed by atoms with E-state index in [0.717, 1.165) is 4.90 Å². The summed E-state index contributed by atoms with van der Waals surface area (Å²) in [5.41, 5.74) is 0.623. The van der Waals surface area contributed by atoms with E-state index in [0.29, 0.717) is 18.4 Å². The maximum absolute atomic E-state index is 14.5. The Balaban J connectivity index is 2.80. The normalized spacial score (nSPS) is 25.9. The minimum atomic E-state index is -1.60. The van der Waals surface area contributed by atoms with Crippen LogP contribution < -0.4 is 37.2 Å². The molecule has 9 N–H and O–H groups in total. The van der Waals surface area contributed by atoms with E-state index in [2.05, 4.69) is 37.2 Å². The van der Waals surface area contributed by atoms with Crippen LogP contribution in [-0.2, 0) is 54.4 Å². The smallest absolute Gasteiger partial charge is 0.246 e. The minimum Gasteiger partial charge on any atom is -0.394 e. The van der Waals surface area contributed by atoms with Gasteiger partial charge in [0.15, 0.2) is 0 Å². The highest BCUT2D eigenvalue weighted by molar-refractivity contribution is 5.99. The van der Waals surface area contributed by atoms with Crippen molar-refractivity contribution in [3.8, 4) is 0 Å². The molecule has 1 aliphatic rings. The monoisotopic (exact) mass is 1060 g/mol. The zero-order valence-electron chi connectivity index (χ0n) is 46.7. The number of amides is 10. The van der Waals surface area contributed by atoms with Gasteiger partial charge in [-0.05, 0) is 61.3 Å². The minimum absolute atomic E-state index is 0.0764. The van der Waals surface area contributed by atoms with Crippen molar-refractivity contribution < 1.29 is 58.2 Å². The van der Waals surface area contributed by atoms with Crippen LogP contribution in [0.25, 0.3) is 0 Å². The summed E-state index contributed by atoms with van der Waals surface area (Å²) in [7, 11) is 4.05. The molecule has 1 heterocycles. The topological polar surface area (TPSA) is 305 Å². The number of benzene rings is 1. The summed E-state index contributed by atoms with van der Waals surface area (Å²) in [6.07, 6.45) is -0.494. The predicted octanol–water partition coefficient (Wildman–Crippen LogP) is -0.0163. The Morgan fingerprint density at radius 2 is 0.960 bits per heavy atom. The van der Waals surface area contributed by atoms with Crippen molar-refractivity contribution in [1.29, 1.82) is 0 Å². The molecule has 0 aromatic heterocycles. The van der Waals surface area contributed by atoms with Gasteiger partial charge in [0, 0.05) is 27.6 Å². The summed E-state index contributed by atoms with van der Waals surface area (Å²) >= 11 is 0. The Morgan fingerprint density at radius 3 is 1.43 bits per heavy atom. The Morgan fingerprint density at radius 1 is 0.507 bits per heavy atom. The molecule has 0 spiro atoms. The molecule has 422 valence electrons. The maximum atomic E-state index is 14.5. The van der Waals surface area contributed by atoms with Crippen LogP contribution in [0.15, 0.2) is 30.3 Å². The third-order valence-electron chi connectivity index (χ3n) is 13.6. The highest BCUT2D eigenvalue weighted by atomic mass is 16.3. The first-order valence-electron chi connectivity index (χ1n) is 26.3. The van der Waals surface area contributed by atoms with Gasteiger partial charge in [0.1, 0.15) is 48.3 Å². The lowest BCUT2D eigenvalue weighted by atomic mass is 9.95. The summed E-state index contributed by atoms with van der Waals surface area (Å²) in [6.45, 7) is 17.0.